The predicted molar refractivity (Wildman–Crippen MR) is 57.5 cm³/mol. The van der Waals surface area contributed by atoms with E-state index >= 15 is 0 Å². The molecule has 0 aliphatic carbocycles. The Bertz CT molecular complexity index is 294. The lowest BCUT2D eigenvalue weighted by atomic mass is 10.3. The summed E-state index contributed by atoms with van der Waals surface area (Å²) in [4.78, 5) is 4.60. The van der Waals surface area contributed by atoms with Gasteiger partial charge in [-0.3, -0.25) is 9.11 Å². The van der Waals surface area contributed by atoms with Crippen LogP contribution in [0.1, 0.15) is 20.3 Å². The molecule has 1 heterocycles. The van der Waals surface area contributed by atoms with Gasteiger partial charge in [0.2, 0.25) is 0 Å². The molecular formula is C8H18N2O4S. The van der Waals surface area contributed by atoms with Gasteiger partial charge in [0.15, 0.2) is 0 Å². The largest absolute Gasteiger partial charge is 0.394 e. The molecule has 0 saturated heterocycles. The van der Waals surface area contributed by atoms with E-state index in [9.17, 15) is 0 Å². The van der Waals surface area contributed by atoms with E-state index < -0.39 is 10.4 Å². The van der Waals surface area contributed by atoms with Crippen LogP contribution in [0.15, 0.2) is 12.4 Å². The summed E-state index contributed by atoms with van der Waals surface area (Å²) in [5, 5.41) is 0. The summed E-state index contributed by atoms with van der Waals surface area (Å²) in [6, 6.07) is 0. The maximum absolute atomic E-state index is 8.74. The van der Waals surface area contributed by atoms with Crippen LogP contribution < -0.4 is 0 Å². The summed E-state index contributed by atoms with van der Waals surface area (Å²) < 4.78 is 31.6. The van der Waals surface area contributed by atoms with Gasteiger partial charge in [0.25, 0.3) is 0 Å². The molecule has 0 aromatic heterocycles. The zero-order valence-electron chi connectivity index (χ0n) is 9.16. The molecule has 1 atom stereocenters. The standard InChI is InChI=1S/C8H16N2.H2O4S/c1-4-8-9(3)6-7-10(8)5-2;1-5(2,3)4/h6-8H,4-5H2,1-3H3;(H2,1,2,3,4). The SMILES string of the molecule is CCC1N(C)C=CN1CC.O=S(=O)(O)O. The van der Waals surface area contributed by atoms with E-state index in [0.29, 0.717) is 6.17 Å². The van der Waals surface area contributed by atoms with Crippen LogP contribution in [-0.4, -0.2) is 47.1 Å². The molecule has 0 amide bonds. The fraction of sp³-hybridized carbons (Fsp3) is 0.750. The van der Waals surface area contributed by atoms with Gasteiger partial charge < -0.3 is 9.80 Å². The lowest BCUT2D eigenvalue weighted by Gasteiger charge is -2.28. The summed E-state index contributed by atoms with van der Waals surface area (Å²) in [6.07, 6.45) is 6.09. The lowest BCUT2D eigenvalue weighted by molar-refractivity contribution is 0.178. The van der Waals surface area contributed by atoms with Gasteiger partial charge in [0, 0.05) is 26.0 Å². The molecule has 0 saturated carbocycles. The van der Waals surface area contributed by atoms with Crippen LogP contribution in [0.3, 0.4) is 0 Å². The zero-order valence-corrected chi connectivity index (χ0v) is 9.98. The first kappa shape index (κ1) is 14.2. The molecule has 15 heavy (non-hydrogen) atoms. The molecule has 0 fully saturated rings. The minimum Gasteiger partial charge on any atom is -0.359 e. The third kappa shape index (κ3) is 6.32. The number of hydrogen-bond acceptors (Lipinski definition) is 4. The van der Waals surface area contributed by atoms with Crippen LogP contribution in [0.2, 0.25) is 0 Å². The Morgan fingerprint density at radius 2 is 1.73 bits per heavy atom. The smallest absolute Gasteiger partial charge is 0.359 e. The van der Waals surface area contributed by atoms with E-state index in [4.69, 9.17) is 17.5 Å². The maximum Gasteiger partial charge on any atom is 0.394 e. The van der Waals surface area contributed by atoms with Crippen LogP contribution in [0.5, 0.6) is 0 Å². The molecule has 1 rings (SSSR count). The third-order valence-corrected chi connectivity index (χ3v) is 2.08. The van der Waals surface area contributed by atoms with Crippen LogP contribution in [0.25, 0.3) is 0 Å². The van der Waals surface area contributed by atoms with Gasteiger partial charge in [0.1, 0.15) is 6.17 Å². The summed E-state index contributed by atoms with van der Waals surface area (Å²) in [5.74, 6) is 0. The van der Waals surface area contributed by atoms with Crippen LogP contribution in [0, 0.1) is 0 Å². The summed E-state index contributed by atoms with van der Waals surface area (Å²) >= 11 is 0. The van der Waals surface area contributed by atoms with Crippen molar-refractivity contribution < 1.29 is 17.5 Å². The highest BCUT2D eigenvalue weighted by Gasteiger charge is 2.18. The van der Waals surface area contributed by atoms with Crippen molar-refractivity contribution in [2.75, 3.05) is 13.6 Å². The Hall–Kier alpha value is -0.790. The van der Waals surface area contributed by atoms with E-state index in [1.165, 1.54) is 6.42 Å². The normalized spacial score (nSPS) is 20.2. The van der Waals surface area contributed by atoms with Crippen molar-refractivity contribution >= 4 is 10.4 Å². The van der Waals surface area contributed by atoms with Crippen molar-refractivity contribution in [1.29, 1.82) is 0 Å². The molecule has 0 aromatic carbocycles. The Morgan fingerprint density at radius 3 is 2.00 bits per heavy atom. The van der Waals surface area contributed by atoms with Crippen LogP contribution >= 0.6 is 0 Å². The van der Waals surface area contributed by atoms with Gasteiger partial charge in [-0.15, -0.1) is 0 Å². The second-order valence-corrected chi connectivity index (χ2v) is 4.03. The van der Waals surface area contributed by atoms with E-state index in [0.717, 1.165) is 6.54 Å². The molecule has 7 heteroatoms. The molecule has 1 aliphatic rings. The minimum absolute atomic E-state index is 0.602. The number of rotatable bonds is 2. The Morgan fingerprint density at radius 1 is 1.27 bits per heavy atom. The van der Waals surface area contributed by atoms with Crippen LogP contribution in [-0.2, 0) is 10.4 Å². The monoisotopic (exact) mass is 238 g/mol. The van der Waals surface area contributed by atoms with Crippen molar-refractivity contribution in [3.63, 3.8) is 0 Å². The molecular weight excluding hydrogens is 220 g/mol. The van der Waals surface area contributed by atoms with Crippen molar-refractivity contribution in [3.05, 3.63) is 12.4 Å². The van der Waals surface area contributed by atoms with Gasteiger partial charge in [-0.25, -0.2) is 0 Å². The average molecular weight is 238 g/mol. The first-order valence-corrected chi connectivity index (χ1v) is 6.05. The molecule has 2 N–H and O–H groups in total. The first-order valence-electron chi connectivity index (χ1n) is 4.65. The summed E-state index contributed by atoms with van der Waals surface area (Å²) in [7, 11) is -2.54. The minimum atomic E-state index is -4.67. The van der Waals surface area contributed by atoms with Gasteiger partial charge in [0.05, 0.1) is 0 Å². The molecule has 0 spiro atoms. The zero-order chi connectivity index (χ0) is 12.1. The fourth-order valence-electron chi connectivity index (χ4n) is 1.46. The van der Waals surface area contributed by atoms with E-state index in [1.54, 1.807) is 0 Å². The number of nitrogens with zero attached hydrogens (tertiary/aromatic N) is 2. The van der Waals surface area contributed by atoms with Crippen molar-refractivity contribution in [1.82, 2.24) is 9.80 Å². The summed E-state index contributed by atoms with van der Waals surface area (Å²) in [5.41, 5.74) is 0. The van der Waals surface area contributed by atoms with Gasteiger partial charge in [-0.1, -0.05) is 6.92 Å². The molecule has 0 aromatic rings. The van der Waals surface area contributed by atoms with Gasteiger partial charge >= 0.3 is 10.4 Å². The average Bonchev–Trinajstić information content (AvgIpc) is 2.43. The lowest BCUT2D eigenvalue weighted by Crippen LogP contribution is -2.35. The van der Waals surface area contributed by atoms with Gasteiger partial charge in [-0.05, 0) is 13.3 Å². The van der Waals surface area contributed by atoms with Crippen LogP contribution in [0.4, 0.5) is 0 Å². The van der Waals surface area contributed by atoms with E-state index in [-0.39, 0.29) is 0 Å². The Labute approximate surface area is 90.8 Å². The second-order valence-electron chi connectivity index (χ2n) is 3.13. The quantitative estimate of drug-likeness (QED) is 0.693. The highest BCUT2D eigenvalue weighted by Crippen LogP contribution is 2.15. The van der Waals surface area contributed by atoms with E-state index in [2.05, 4.69) is 43.1 Å². The molecule has 90 valence electrons. The van der Waals surface area contributed by atoms with E-state index in [1.807, 2.05) is 0 Å². The maximum atomic E-state index is 8.74. The van der Waals surface area contributed by atoms with Crippen molar-refractivity contribution in [2.45, 2.75) is 26.4 Å². The second kappa shape index (κ2) is 5.94. The molecule has 6 nitrogen and oxygen atoms in total. The van der Waals surface area contributed by atoms with Gasteiger partial charge in [-0.2, -0.15) is 8.42 Å². The summed E-state index contributed by atoms with van der Waals surface area (Å²) in [6.45, 7) is 5.52. The molecule has 1 unspecified atom stereocenters. The van der Waals surface area contributed by atoms with Crippen molar-refractivity contribution in [2.24, 2.45) is 0 Å². The Balaban J connectivity index is 0.000000336. The fourth-order valence-corrected chi connectivity index (χ4v) is 1.46. The highest BCUT2D eigenvalue weighted by molar-refractivity contribution is 7.79. The molecule has 0 radical (unpaired) electrons. The van der Waals surface area contributed by atoms with Crippen molar-refractivity contribution in [3.8, 4) is 0 Å². The molecule has 0 bridgehead atoms. The number of hydrogen-bond donors (Lipinski definition) is 2. The topological polar surface area (TPSA) is 81.1 Å². The highest BCUT2D eigenvalue weighted by atomic mass is 32.3. The molecule has 1 aliphatic heterocycles. The Kier molecular flexibility index (Phi) is 5.63. The predicted octanol–water partition coefficient (Wildman–Crippen LogP) is 0.808. The first-order chi connectivity index (χ1) is 6.79. The third-order valence-electron chi connectivity index (χ3n) is 2.08.